The van der Waals surface area contributed by atoms with Crippen LogP contribution >= 0.6 is 0 Å². The first-order chi connectivity index (χ1) is 16.6. The molecule has 1 saturated heterocycles. The summed E-state index contributed by atoms with van der Waals surface area (Å²) < 4.78 is 24.6. The Morgan fingerprint density at radius 2 is 2.00 bits per heavy atom. The van der Waals surface area contributed by atoms with Crippen LogP contribution in [0, 0.1) is 11.8 Å². The van der Waals surface area contributed by atoms with Crippen molar-refractivity contribution in [1.82, 2.24) is 20.0 Å². The van der Waals surface area contributed by atoms with E-state index in [0.29, 0.717) is 12.5 Å². The van der Waals surface area contributed by atoms with Gasteiger partial charge in [-0.05, 0) is 41.7 Å². The highest BCUT2D eigenvalue weighted by Gasteiger charge is 2.32. The van der Waals surface area contributed by atoms with Gasteiger partial charge in [0, 0.05) is 55.7 Å². The molecule has 1 atom stereocenters. The number of ether oxygens (including phenoxy) is 2. The van der Waals surface area contributed by atoms with E-state index in [-0.39, 0.29) is 18.6 Å². The minimum Gasteiger partial charge on any atom is -0.496 e. The largest absolute Gasteiger partial charge is 0.496 e. The topological polar surface area (TPSA) is 53.6 Å². The Kier molecular flexibility index (Phi) is 6.75. The third kappa shape index (κ3) is 4.51. The third-order valence-electron chi connectivity index (χ3n) is 7.11. The summed E-state index contributed by atoms with van der Waals surface area (Å²) in [6.45, 7) is 9.41. The summed E-state index contributed by atoms with van der Waals surface area (Å²) in [6.07, 6.45) is 2.96. The van der Waals surface area contributed by atoms with Gasteiger partial charge in [-0.15, -0.1) is 0 Å². The zero-order valence-electron chi connectivity index (χ0n) is 20.4. The Balaban J connectivity index is 1.41. The number of methoxy groups -OCH3 is 1. The number of likely N-dealkylation sites (tertiary alicyclic amines) is 1. The number of hydrogen-bond donors (Lipinski definition) is 1. The molecule has 6 nitrogen and oxygen atoms in total. The normalized spacial score (nSPS) is 19.4. The van der Waals surface area contributed by atoms with Gasteiger partial charge in [0.2, 0.25) is 0 Å². The van der Waals surface area contributed by atoms with Crippen LogP contribution < -0.4 is 9.47 Å². The van der Waals surface area contributed by atoms with E-state index in [9.17, 15) is 4.39 Å². The number of alkyl halides is 1. The van der Waals surface area contributed by atoms with Gasteiger partial charge in [-0.25, -0.2) is 0 Å². The molecule has 1 fully saturated rings. The average molecular weight is 467 g/mol. The molecule has 0 radical (unpaired) electrons. The fourth-order valence-corrected chi connectivity index (χ4v) is 5.50. The van der Waals surface area contributed by atoms with Gasteiger partial charge in [0.05, 0.1) is 31.5 Å². The monoisotopic (exact) mass is 466 g/mol. The predicted octanol–water partition coefficient (Wildman–Crippen LogP) is 4.46. The number of aromatic amines is 1. The maximum absolute atomic E-state index is 12.6. The maximum atomic E-state index is 12.6. The lowest BCUT2D eigenvalue weighted by Gasteiger charge is -2.39. The highest BCUT2D eigenvalue weighted by molar-refractivity contribution is 5.83. The molecule has 182 valence electrons. The van der Waals surface area contributed by atoms with Crippen LogP contribution in [0.15, 0.2) is 36.5 Å². The van der Waals surface area contributed by atoms with Crippen molar-refractivity contribution in [2.45, 2.75) is 26.3 Å². The van der Waals surface area contributed by atoms with E-state index in [1.54, 1.807) is 7.11 Å². The molecular formula is C27H35FN4O2. The van der Waals surface area contributed by atoms with Crippen LogP contribution in [0.1, 0.15) is 36.6 Å². The first-order valence-electron chi connectivity index (χ1n) is 12.3. The number of fused-ring (bicyclic) bond motifs is 3. The van der Waals surface area contributed by atoms with Crippen LogP contribution in [0.25, 0.3) is 10.9 Å². The SMILES string of the molecule is COc1cc(OCCN2CC(CF)C2)ccc1C1c2ccc3[nH]ncc3c2CCN1CC(C)C. The van der Waals surface area contributed by atoms with Crippen molar-refractivity contribution in [3.05, 3.63) is 53.2 Å². The molecule has 3 heterocycles. The predicted molar refractivity (Wildman–Crippen MR) is 132 cm³/mol. The summed E-state index contributed by atoms with van der Waals surface area (Å²) in [4.78, 5) is 4.80. The van der Waals surface area contributed by atoms with E-state index in [2.05, 4.69) is 58.1 Å². The lowest BCUT2D eigenvalue weighted by Crippen LogP contribution is -2.49. The van der Waals surface area contributed by atoms with E-state index in [4.69, 9.17) is 9.47 Å². The van der Waals surface area contributed by atoms with E-state index in [0.717, 1.165) is 61.7 Å². The first kappa shape index (κ1) is 23.1. The van der Waals surface area contributed by atoms with Crippen LogP contribution in [-0.4, -0.2) is 73.1 Å². The smallest absolute Gasteiger partial charge is 0.127 e. The van der Waals surface area contributed by atoms with Crippen LogP contribution in [-0.2, 0) is 6.42 Å². The van der Waals surface area contributed by atoms with Gasteiger partial charge in [-0.2, -0.15) is 5.10 Å². The molecule has 1 unspecified atom stereocenters. The zero-order valence-corrected chi connectivity index (χ0v) is 20.4. The Labute approximate surface area is 201 Å². The molecule has 1 N–H and O–H groups in total. The molecule has 2 aromatic carbocycles. The van der Waals surface area contributed by atoms with E-state index in [1.165, 1.54) is 16.5 Å². The van der Waals surface area contributed by atoms with Gasteiger partial charge < -0.3 is 9.47 Å². The Hall–Kier alpha value is -2.64. The zero-order chi connectivity index (χ0) is 23.7. The Morgan fingerprint density at radius 3 is 2.76 bits per heavy atom. The number of rotatable bonds is 9. The van der Waals surface area contributed by atoms with Crippen molar-refractivity contribution >= 4 is 10.9 Å². The van der Waals surface area contributed by atoms with E-state index >= 15 is 0 Å². The molecule has 3 aromatic rings. The molecule has 34 heavy (non-hydrogen) atoms. The van der Waals surface area contributed by atoms with Gasteiger partial charge in [-0.3, -0.25) is 19.3 Å². The molecule has 0 amide bonds. The van der Waals surface area contributed by atoms with Crippen LogP contribution in [0.5, 0.6) is 11.5 Å². The maximum Gasteiger partial charge on any atom is 0.127 e. The number of halogens is 1. The van der Waals surface area contributed by atoms with Gasteiger partial charge in [0.15, 0.2) is 0 Å². The first-order valence-corrected chi connectivity index (χ1v) is 12.3. The van der Waals surface area contributed by atoms with Gasteiger partial charge in [0.1, 0.15) is 18.1 Å². The fourth-order valence-electron chi connectivity index (χ4n) is 5.50. The number of hydrogen-bond acceptors (Lipinski definition) is 5. The van der Waals surface area contributed by atoms with Crippen LogP contribution in [0.4, 0.5) is 4.39 Å². The second kappa shape index (κ2) is 9.92. The highest BCUT2D eigenvalue weighted by atomic mass is 19.1. The molecule has 2 aliphatic heterocycles. The summed E-state index contributed by atoms with van der Waals surface area (Å²) >= 11 is 0. The number of nitrogens with one attached hydrogen (secondary N) is 1. The average Bonchev–Trinajstić information content (AvgIpc) is 3.29. The second-order valence-electron chi connectivity index (χ2n) is 10.0. The number of benzene rings is 2. The molecule has 5 rings (SSSR count). The molecule has 2 aliphatic rings. The Morgan fingerprint density at radius 1 is 1.18 bits per heavy atom. The fraction of sp³-hybridized carbons (Fsp3) is 0.519. The van der Waals surface area contributed by atoms with Crippen molar-refractivity contribution in [2.75, 3.05) is 53.1 Å². The van der Waals surface area contributed by atoms with Crippen molar-refractivity contribution in [3.8, 4) is 11.5 Å². The molecule has 0 aliphatic carbocycles. The van der Waals surface area contributed by atoms with Gasteiger partial charge in [-0.1, -0.05) is 19.9 Å². The summed E-state index contributed by atoms with van der Waals surface area (Å²) in [6, 6.07) is 10.7. The molecule has 0 bridgehead atoms. The van der Waals surface area contributed by atoms with Crippen LogP contribution in [0.3, 0.4) is 0 Å². The summed E-state index contributed by atoms with van der Waals surface area (Å²) in [7, 11) is 1.73. The molecule has 7 heteroatoms. The van der Waals surface area contributed by atoms with Gasteiger partial charge >= 0.3 is 0 Å². The second-order valence-corrected chi connectivity index (χ2v) is 10.0. The lowest BCUT2D eigenvalue weighted by atomic mass is 9.85. The number of aromatic nitrogens is 2. The van der Waals surface area contributed by atoms with Crippen molar-refractivity contribution < 1.29 is 13.9 Å². The van der Waals surface area contributed by atoms with E-state index in [1.807, 2.05) is 12.3 Å². The Bertz CT molecular complexity index is 1130. The van der Waals surface area contributed by atoms with Crippen molar-refractivity contribution in [3.63, 3.8) is 0 Å². The minimum atomic E-state index is -0.222. The standard InChI is InChI=1S/C27H35FN4O2/c1-18(2)15-32-9-8-21-22(6-7-25-24(21)14-29-30-25)27(32)23-5-4-20(12-26(23)33-3)34-11-10-31-16-19(13-28)17-31/h4-7,12,14,18-19,27H,8-11,13,15-17H2,1-3H3,(H,29,30). The van der Waals surface area contributed by atoms with Gasteiger partial charge in [0.25, 0.3) is 0 Å². The minimum absolute atomic E-state index is 0.119. The van der Waals surface area contributed by atoms with Crippen molar-refractivity contribution in [2.24, 2.45) is 11.8 Å². The highest BCUT2D eigenvalue weighted by Crippen LogP contribution is 2.42. The van der Waals surface area contributed by atoms with E-state index < -0.39 is 0 Å². The molecule has 0 spiro atoms. The third-order valence-corrected chi connectivity index (χ3v) is 7.11. The number of H-pyrrole nitrogens is 1. The quantitative estimate of drug-likeness (QED) is 0.505. The number of nitrogens with zero attached hydrogens (tertiary/aromatic N) is 3. The van der Waals surface area contributed by atoms with Crippen LogP contribution in [0.2, 0.25) is 0 Å². The molecular weight excluding hydrogens is 431 g/mol. The molecule has 0 saturated carbocycles. The summed E-state index contributed by atoms with van der Waals surface area (Å²) in [5.74, 6) is 2.42. The lowest BCUT2D eigenvalue weighted by molar-refractivity contribution is 0.0668. The van der Waals surface area contributed by atoms with Crippen molar-refractivity contribution in [1.29, 1.82) is 0 Å². The molecule has 1 aromatic heterocycles. The summed E-state index contributed by atoms with van der Waals surface area (Å²) in [5, 5.41) is 8.61. The summed E-state index contributed by atoms with van der Waals surface area (Å²) in [5.41, 5.74) is 4.95.